The van der Waals surface area contributed by atoms with Crippen molar-refractivity contribution in [1.82, 2.24) is 4.90 Å². The molecular formula is C19H16N2O3. The summed E-state index contributed by atoms with van der Waals surface area (Å²) in [4.78, 5) is 26.7. The summed E-state index contributed by atoms with van der Waals surface area (Å²) < 4.78 is 0. The number of nitrogens with zero attached hydrogens (tertiary/aromatic N) is 1. The van der Waals surface area contributed by atoms with Gasteiger partial charge in [-0.2, -0.15) is 0 Å². The van der Waals surface area contributed by atoms with E-state index in [-0.39, 0.29) is 11.8 Å². The topological polar surface area (TPSA) is 83.6 Å². The Balaban J connectivity index is 1.98. The van der Waals surface area contributed by atoms with E-state index in [1.54, 1.807) is 12.1 Å². The van der Waals surface area contributed by atoms with Crippen LogP contribution in [0.15, 0.2) is 48.5 Å². The van der Waals surface area contributed by atoms with Crippen LogP contribution in [-0.2, 0) is 20.7 Å². The van der Waals surface area contributed by atoms with Gasteiger partial charge in [-0.05, 0) is 22.3 Å². The highest BCUT2D eigenvalue weighted by atomic mass is 16.3. The zero-order valence-corrected chi connectivity index (χ0v) is 13.1. The van der Waals surface area contributed by atoms with Gasteiger partial charge in [0.2, 0.25) is 11.8 Å². The minimum Gasteiger partial charge on any atom is -0.379 e. The zero-order valence-electron chi connectivity index (χ0n) is 13.1. The van der Waals surface area contributed by atoms with Crippen molar-refractivity contribution in [1.29, 1.82) is 0 Å². The van der Waals surface area contributed by atoms with E-state index in [4.69, 9.17) is 5.73 Å². The number of rotatable bonds is 0. The van der Waals surface area contributed by atoms with E-state index in [2.05, 4.69) is 0 Å². The number of nitrogens with two attached hydrogens (primary N) is 1. The van der Waals surface area contributed by atoms with Crippen LogP contribution in [0, 0.1) is 11.8 Å². The number of aliphatic hydroxyl groups is 1. The normalized spacial score (nSPS) is 35.7. The fourth-order valence-corrected chi connectivity index (χ4v) is 5.00. The summed E-state index contributed by atoms with van der Waals surface area (Å²) in [6.07, 6.45) is 0. The van der Waals surface area contributed by atoms with E-state index in [9.17, 15) is 14.7 Å². The Bertz CT molecular complexity index is 814. The molecule has 2 atom stereocenters. The Kier molecular flexibility index (Phi) is 2.28. The van der Waals surface area contributed by atoms with Crippen LogP contribution >= 0.6 is 0 Å². The number of amides is 2. The molecule has 120 valence electrons. The van der Waals surface area contributed by atoms with Gasteiger partial charge in [-0.15, -0.1) is 0 Å². The summed E-state index contributed by atoms with van der Waals surface area (Å²) in [5.41, 5.74) is 6.93. The van der Waals surface area contributed by atoms with Crippen molar-refractivity contribution < 1.29 is 14.7 Å². The van der Waals surface area contributed by atoms with Gasteiger partial charge in [0.25, 0.3) is 0 Å². The first-order valence-electron chi connectivity index (χ1n) is 7.96. The Morgan fingerprint density at radius 3 is 1.79 bits per heavy atom. The first-order valence-corrected chi connectivity index (χ1v) is 7.96. The van der Waals surface area contributed by atoms with Gasteiger partial charge in [-0.3, -0.25) is 14.5 Å². The molecule has 1 heterocycles. The third kappa shape index (κ3) is 1.17. The summed E-state index contributed by atoms with van der Waals surface area (Å²) in [6, 6.07) is 14.6. The molecule has 2 aromatic rings. The van der Waals surface area contributed by atoms with Crippen LogP contribution < -0.4 is 5.73 Å². The average molecular weight is 320 g/mol. The van der Waals surface area contributed by atoms with E-state index in [1.165, 1.54) is 7.05 Å². The number of imide groups is 1. The molecule has 6 rings (SSSR count). The predicted molar refractivity (Wildman–Crippen MR) is 85.6 cm³/mol. The fourth-order valence-electron chi connectivity index (χ4n) is 5.00. The maximum atomic E-state index is 12.8. The molecule has 2 bridgehead atoms. The molecule has 1 saturated heterocycles. The Morgan fingerprint density at radius 2 is 1.29 bits per heavy atom. The van der Waals surface area contributed by atoms with E-state index in [1.807, 2.05) is 36.4 Å². The van der Waals surface area contributed by atoms with Gasteiger partial charge in [0.05, 0.1) is 17.4 Å². The minimum atomic E-state index is -1.53. The third-order valence-corrected chi connectivity index (χ3v) is 6.03. The van der Waals surface area contributed by atoms with Crippen molar-refractivity contribution in [2.45, 2.75) is 11.1 Å². The van der Waals surface area contributed by atoms with Crippen LogP contribution in [-0.4, -0.2) is 28.9 Å². The molecule has 0 aromatic heterocycles. The van der Waals surface area contributed by atoms with Crippen LogP contribution in [0.25, 0.3) is 0 Å². The lowest BCUT2D eigenvalue weighted by Crippen LogP contribution is -2.65. The van der Waals surface area contributed by atoms with Crippen LogP contribution in [0.2, 0.25) is 0 Å². The van der Waals surface area contributed by atoms with E-state index in [0.29, 0.717) is 11.1 Å². The Morgan fingerprint density at radius 1 is 0.875 bits per heavy atom. The van der Waals surface area contributed by atoms with Gasteiger partial charge >= 0.3 is 0 Å². The summed E-state index contributed by atoms with van der Waals surface area (Å²) in [7, 11) is 1.46. The molecule has 2 aromatic carbocycles. The number of hydrogen-bond acceptors (Lipinski definition) is 4. The van der Waals surface area contributed by atoms with Crippen molar-refractivity contribution in [2.24, 2.45) is 17.6 Å². The predicted octanol–water partition coefficient (Wildman–Crippen LogP) is 0.683. The van der Waals surface area contributed by atoms with Crippen LogP contribution in [0.3, 0.4) is 0 Å². The highest BCUT2D eigenvalue weighted by molar-refractivity contribution is 6.08. The van der Waals surface area contributed by atoms with E-state index in [0.717, 1.165) is 16.0 Å². The molecule has 4 aliphatic rings. The van der Waals surface area contributed by atoms with Crippen molar-refractivity contribution in [3.8, 4) is 0 Å². The number of likely N-dealkylation sites (tertiary alicyclic amines) is 1. The van der Waals surface area contributed by atoms with Crippen LogP contribution in [0.1, 0.15) is 22.3 Å². The monoisotopic (exact) mass is 320 g/mol. The van der Waals surface area contributed by atoms with Crippen molar-refractivity contribution in [3.05, 3.63) is 70.8 Å². The molecule has 5 heteroatoms. The SMILES string of the molecule is CN1C(=O)[C@@H]2[C@@H](C1=O)C1(O)c3ccccc3C2(N)c2ccccc21. The molecule has 3 N–H and O–H groups in total. The molecule has 0 saturated carbocycles. The highest BCUT2D eigenvalue weighted by Gasteiger charge is 2.71. The summed E-state index contributed by atoms with van der Waals surface area (Å²) in [5, 5.41) is 11.8. The zero-order chi connectivity index (χ0) is 16.9. The largest absolute Gasteiger partial charge is 0.379 e. The van der Waals surface area contributed by atoms with Gasteiger partial charge in [0.1, 0.15) is 5.60 Å². The molecule has 0 spiro atoms. The number of hydrogen-bond donors (Lipinski definition) is 2. The molecule has 1 fully saturated rings. The molecular weight excluding hydrogens is 304 g/mol. The van der Waals surface area contributed by atoms with Crippen molar-refractivity contribution in [2.75, 3.05) is 7.05 Å². The lowest BCUT2D eigenvalue weighted by atomic mass is 9.49. The summed E-state index contributed by atoms with van der Waals surface area (Å²) in [6.45, 7) is 0. The van der Waals surface area contributed by atoms with E-state index < -0.39 is 23.0 Å². The van der Waals surface area contributed by atoms with Crippen LogP contribution in [0.5, 0.6) is 0 Å². The highest BCUT2D eigenvalue weighted by Crippen LogP contribution is 2.63. The lowest BCUT2D eigenvalue weighted by molar-refractivity contribution is -0.140. The second-order valence-corrected chi connectivity index (χ2v) is 6.92. The number of carbonyl (C=O) groups is 2. The molecule has 5 nitrogen and oxygen atoms in total. The second-order valence-electron chi connectivity index (χ2n) is 6.92. The number of benzene rings is 2. The lowest BCUT2D eigenvalue weighted by Gasteiger charge is -2.56. The number of carbonyl (C=O) groups excluding carboxylic acids is 2. The minimum absolute atomic E-state index is 0.324. The maximum Gasteiger partial charge on any atom is 0.236 e. The standard InChI is InChI=1S/C19H16N2O3/c1-21-16(22)14-15(17(21)23)19(24)12-8-4-2-6-10(12)18(14,20)11-7-3-5-9-13(11)19/h2-9,14-15,24H,20H2,1H3/t14-,15-,18?,19?/m0/s1. The first-order chi connectivity index (χ1) is 11.4. The van der Waals surface area contributed by atoms with Gasteiger partial charge in [0.15, 0.2) is 0 Å². The van der Waals surface area contributed by atoms with Crippen LogP contribution in [0.4, 0.5) is 0 Å². The van der Waals surface area contributed by atoms with Gasteiger partial charge in [0, 0.05) is 7.05 Å². The smallest absolute Gasteiger partial charge is 0.236 e. The van der Waals surface area contributed by atoms with Gasteiger partial charge in [-0.1, -0.05) is 48.5 Å². The fraction of sp³-hybridized carbons (Fsp3) is 0.263. The Labute approximate surface area is 138 Å². The molecule has 24 heavy (non-hydrogen) atoms. The van der Waals surface area contributed by atoms with E-state index >= 15 is 0 Å². The molecule has 0 radical (unpaired) electrons. The maximum absolute atomic E-state index is 12.8. The molecule has 3 aliphatic carbocycles. The molecule has 0 unspecified atom stereocenters. The third-order valence-electron chi connectivity index (χ3n) is 6.03. The quantitative estimate of drug-likeness (QED) is 0.699. The summed E-state index contributed by atoms with van der Waals surface area (Å²) in [5.74, 6) is -2.36. The average Bonchev–Trinajstić information content (AvgIpc) is 2.85. The molecule has 1 aliphatic heterocycles. The molecule has 2 amide bonds. The van der Waals surface area contributed by atoms with Crippen molar-refractivity contribution >= 4 is 11.8 Å². The Hall–Kier alpha value is -2.50. The first kappa shape index (κ1) is 13.9. The second kappa shape index (κ2) is 3.94. The summed E-state index contributed by atoms with van der Waals surface area (Å²) >= 11 is 0. The van der Waals surface area contributed by atoms with Crippen molar-refractivity contribution in [3.63, 3.8) is 0 Å². The van der Waals surface area contributed by atoms with Gasteiger partial charge < -0.3 is 10.8 Å². The van der Waals surface area contributed by atoms with Gasteiger partial charge in [-0.25, -0.2) is 0 Å².